The first kappa shape index (κ1) is 16.4. The second-order valence-electron chi connectivity index (χ2n) is 6.62. The Bertz CT molecular complexity index is 919. The van der Waals surface area contributed by atoms with Crippen LogP contribution >= 0.6 is 0 Å². The number of hydrogen-bond donors (Lipinski definition) is 2. The molecule has 0 aromatic heterocycles. The third kappa shape index (κ3) is 2.77. The van der Waals surface area contributed by atoms with Crippen LogP contribution in [0.5, 0.6) is 11.5 Å². The Kier molecular flexibility index (Phi) is 4.03. The van der Waals surface area contributed by atoms with Crippen molar-refractivity contribution in [3.8, 4) is 11.5 Å². The number of carboxylic acids is 1. The molecule has 26 heavy (non-hydrogen) atoms. The zero-order chi connectivity index (χ0) is 18.3. The van der Waals surface area contributed by atoms with Crippen molar-refractivity contribution in [3.63, 3.8) is 0 Å². The van der Waals surface area contributed by atoms with Crippen LogP contribution in [0, 0.1) is 0 Å². The third-order valence-electron chi connectivity index (χ3n) is 4.96. The van der Waals surface area contributed by atoms with E-state index in [9.17, 15) is 14.7 Å². The molecule has 0 radical (unpaired) electrons. The van der Waals surface area contributed by atoms with E-state index in [1.807, 2.05) is 0 Å². The molecule has 0 unspecified atom stereocenters. The molecule has 0 saturated carbocycles. The number of ether oxygens (including phenoxy) is 2. The van der Waals surface area contributed by atoms with Crippen molar-refractivity contribution in [3.05, 3.63) is 52.1 Å². The Labute approximate surface area is 150 Å². The number of hydrogen-bond acceptors (Lipinski definition) is 5. The number of nitrogen functional groups attached to an aromatic ring is 1. The Balaban J connectivity index is 1.84. The van der Waals surface area contributed by atoms with Gasteiger partial charge in [-0.15, -0.1) is 0 Å². The van der Waals surface area contributed by atoms with Gasteiger partial charge in [0.2, 0.25) is 0 Å². The van der Waals surface area contributed by atoms with Crippen LogP contribution in [-0.4, -0.2) is 23.7 Å². The predicted octanol–water partition coefficient (Wildman–Crippen LogP) is 3.00. The van der Waals surface area contributed by atoms with Gasteiger partial charge in [0, 0.05) is 29.3 Å². The van der Waals surface area contributed by atoms with Crippen LogP contribution in [-0.2, 0) is 19.3 Å². The molecule has 2 aliphatic heterocycles. The molecule has 3 N–H and O–H groups in total. The predicted molar refractivity (Wildman–Crippen MR) is 95.1 cm³/mol. The second kappa shape index (κ2) is 6.37. The van der Waals surface area contributed by atoms with E-state index in [1.54, 1.807) is 24.3 Å². The molecule has 0 spiro atoms. The summed E-state index contributed by atoms with van der Waals surface area (Å²) in [6.07, 6.45) is 3.41. The quantitative estimate of drug-likeness (QED) is 0.464. The highest BCUT2D eigenvalue weighted by Crippen LogP contribution is 2.39. The van der Waals surface area contributed by atoms with Crippen LogP contribution in [0.15, 0.2) is 24.3 Å². The molecule has 6 nitrogen and oxygen atoms in total. The summed E-state index contributed by atoms with van der Waals surface area (Å²) in [7, 11) is 0. The molecular weight excluding hydrogens is 334 g/mol. The number of carboxylic acid groups (broad SMARTS) is 1. The highest BCUT2D eigenvalue weighted by atomic mass is 16.5. The molecule has 0 saturated heterocycles. The summed E-state index contributed by atoms with van der Waals surface area (Å²) < 4.78 is 11.2. The van der Waals surface area contributed by atoms with E-state index in [-0.39, 0.29) is 11.3 Å². The van der Waals surface area contributed by atoms with Gasteiger partial charge in [-0.2, -0.15) is 0 Å². The fourth-order valence-corrected chi connectivity index (χ4v) is 3.75. The minimum atomic E-state index is -1.01. The molecule has 0 aliphatic carbocycles. The molecule has 2 aliphatic rings. The van der Waals surface area contributed by atoms with Crippen LogP contribution in [0.2, 0.25) is 0 Å². The summed E-state index contributed by atoms with van der Waals surface area (Å²) in [5.74, 6) is -0.747. The summed E-state index contributed by atoms with van der Waals surface area (Å²) >= 11 is 0. The first-order chi connectivity index (χ1) is 12.5. The van der Waals surface area contributed by atoms with Crippen molar-refractivity contribution in [2.24, 2.45) is 0 Å². The molecule has 6 heteroatoms. The van der Waals surface area contributed by atoms with Crippen LogP contribution in [0.3, 0.4) is 0 Å². The average Bonchev–Trinajstić information content (AvgIpc) is 3.05. The summed E-state index contributed by atoms with van der Waals surface area (Å²) in [6.45, 7) is 0.439. The van der Waals surface area contributed by atoms with Gasteiger partial charge in [-0.25, -0.2) is 9.59 Å². The lowest BCUT2D eigenvalue weighted by molar-refractivity contribution is 0.0683. The molecule has 0 bridgehead atoms. The van der Waals surface area contributed by atoms with Crippen LogP contribution in [0.25, 0.3) is 0 Å². The number of aryl methyl sites for hydroxylation is 1. The lowest BCUT2D eigenvalue weighted by Crippen LogP contribution is -2.16. The van der Waals surface area contributed by atoms with E-state index in [4.69, 9.17) is 15.2 Å². The summed E-state index contributed by atoms with van der Waals surface area (Å²) in [6, 6.07) is 6.78. The number of aromatic carboxylic acids is 1. The van der Waals surface area contributed by atoms with E-state index in [1.165, 1.54) is 0 Å². The molecular formula is C20H19NO5. The molecule has 134 valence electrons. The smallest absolute Gasteiger partial charge is 0.343 e. The highest BCUT2D eigenvalue weighted by molar-refractivity contribution is 5.96. The van der Waals surface area contributed by atoms with Gasteiger partial charge >= 0.3 is 11.9 Å². The Hall–Kier alpha value is -3.02. The van der Waals surface area contributed by atoms with Gasteiger partial charge in [0.15, 0.2) is 0 Å². The van der Waals surface area contributed by atoms with Gasteiger partial charge < -0.3 is 20.3 Å². The number of anilines is 1. The first-order valence-electron chi connectivity index (χ1n) is 8.70. The van der Waals surface area contributed by atoms with Gasteiger partial charge in [-0.05, 0) is 49.4 Å². The van der Waals surface area contributed by atoms with Crippen molar-refractivity contribution in [2.45, 2.75) is 32.1 Å². The van der Waals surface area contributed by atoms with Crippen molar-refractivity contribution < 1.29 is 24.2 Å². The van der Waals surface area contributed by atoms with E-state index < -0.39 is 11.9 Å². The third-order valence-corrected chi connectivity index (χ3v) is 4.96. The normalized spacial score (nSPS) is 15.9. The zero-order valence-electron chi connectivity index (χ0n) is 14.2. The van der Waals surface area contributed by atoms with E-state index in [0.29, 0.717) is 54.0 Å². The molecule has 0 fully saturated rings. The summed E-state index contributed by atoms with van der Waals surface area (Å²) in [5.41, 5.74) is 9.26. The summed E-state index contributed by atoms with van der Waals surface area (Å²) in [5, 5.41) is 9.74. The first-order valence-corrected chi connectivity index (χ1v) is 8.70. The van der Waals surface area contributed by atoms with Crippen molar-refractivity contribution in [1.82, 2.24) is 0 Å². The lowest BCUT2D eigenvalue weighted by atomic mass is 9.92. The molecule has 4 rings (SSSR count). The van der Waals surface area contributed by atoms with Gasteiger partial charge in [0.1, 0.15) is 11.5 Å². The van der Waals surface area contributed by atoms with Crippen LogP contribution in [0.4, 0.5) is 5.69 Å². The second-order valence-corrected chi connectivity index (χ2v) is 6.62. The number of carbonyl (C=O) groups is 2. The largest absolute Gasteiger partial charge is 0.493 e. The maximum Gasteiger partial charge on any atom is 0.343 e. The van der Waals surface area contributed by atoms with Gasteiger partial charge in [0.25, 0.3) is 0 Å². The van der Waals surface area contributed by atoms with Gasteiger partial charge in [-0.1, -0.05) is 0 Å². The number of fused-ring (bicyclic) bond motifs is 3. The van der Waals surface area contributed by atoms with Crippen molar-refractivity contribution >= 4 is 17.6 Å². The number of benzene rings is 2. The van der Waals surface area contributed by atoms with Crippen LogP contribution < -0.4 is 15.2 Å². The maximum atomic E-state index is 12.7. The monoisotopic (exact) mass is 353 g/mol. The number of nitrogens with two attached hydrogens (primary N) is 1. The number of rotatable bonds is 1. The number of esters is 1. The fourth-order valence-electron chi connectivity index (χ4n) is 3.75. The van der Waals surface area contributed by atoms with E-state index >= 15 is 0 Å². The molecule has 2 aromatic carbocycles. The molecule has 0 amide bonds. The molecule has 0 atom stereocenters. The standard InChI is InChI=1S/C20H19NO5/c21-12-5-6-13-11(9-12)3-1-2-4-14-17(26-20(13)24)10-16-15(7-8-25-16)18(14)19(22)23/h5-6,9-10H,1-4,7-8,21H2,(H,22,23). The minimum Gasteiger partial charge on any atom is -0.493 e. The SMILES string of the molecule is Nc1ccc2c(c1)CCCCc1c(cc3c(c1C(=O)O)CCO3)OC2=O. The summed E-state index contributed by atoms with van der Waals surface area (Å²) in [4.78, 5) is 24.6. The van der Waals surface area contributed by atoms with Crippen molar-refractivity contribution in [1.29, 1.82) is 0 Å². The van der Waals surface area contributed by atoms with Crippen LogP contribution in [0.1, 0.15) is 50.2 Å². The average molecular weight is 353 g/mol. The van der Waals surface area contributed by atoms with Gasteiger partial charge in [0.05, 0.1) is 17.7 Å². The molecule has 2 heterocycles. The number of carbonyl (C=O) groups excluding carboxylic acids is 1. The molecule has 2 aromatic rings. The fraction of sp³-hybridized carbons (Fsp3) is 0.300. The van der Waals surface area contributed by atoms with E-state index in [0.717, 1.165) is 18.4 Å². The highest BCUT2D eigenvalue weighted by Gasteiger charge is 2.29. The lowest BCUT2D eigenvalue weighted by Gasteiger charge is -2.18. The van der Waals surface area contributed by atoms with Crippen molar-refractivity contribution in [2.75, 3.05) is 12.3 Å². The maximum absolute atomic E-state index is 12.7. The van der Waals surface area contributed by atoms with E-state index in [2.05, 4.69) is 0 Å². The Morgan fingerprint density at radius 2 is 1.81 bits per heavy atom. The zero-order valence-corrected chi connectivity index (χ0v) is 14.2. The minimum absolute atomic E-state index is 0.223. The Morgan fingerprint density at radius 1 is 1.04 bits per heavy atom. The topological polar surface area (TPSA) is 98.9 Å². The Morgan fingerprint density at radius 3 is 2.62 bits per heavy atom. The van der Waals surface area contributed by atoms with Gasteiger partial charge in [-0.3, -0.25) is 0 Å².